The molecule has 0 unspecified atom stereocenters. The molecule has 0 saturated heterocycles. The summed E-state index contributed by atoms with van der Waals surface area (Å²) in [7, 11) is 1.52. The van der Waals surface area contributed by atoms with Gasteiger partial charge in [-0.2, -0.15) is 0 Å². The predicted octanol–water partition coefficient (Wildman–Crippen LogP) is 3.51. The van der Waals surface area contributed by atoms with E-state index in [0.29, 0.717) is 11.1 Å². The minimum absolute atomic E-state index is 0.0917. The second-order valence-electron chi connectivity index (χ2n) is 6.28. The van der Waals surface area contributed by atoms with Gasteiger partial charge in [-0.1, -0.05) is 23.7 Å². The second kappa shape index (κ2) is 9.57. The van der Waals surface area contributed by atoms with Gasteiger partial charge in [0.05, 0.1) is 24.8 Å². The molecular formula is C19H19ClF3N3O2. The summed E-state index contributed by atoms with van der Waals surface area (Å²) in [6, 6.07) is 8.39. The molecule has 28 heavy (non-hydrogen) atoms. The van der Waals surface area contributed by atoms with Crippen molar-refractivity contribution < 1.29 is 22.8 Å². The van der Waals surface area contributed by atoms with Crippen LogP contribution in [0.5, 0.6) is 0 Å². The van der Waals surface area contributed by atoms with Gasteiger partial charge in [-0.25, -0.2) is 13.2 Å². The van der Waals surface area contributed by atoms with Crippen LogP contribution in [-0.4, -0.2) is 36.9 Å². The summed E-state index contributed by atoms with van der Waals surface area (Å²) in [5.74, 6) is -5.49. The number of anilines is 1. The van der Waals surface area contributed by atoms with E-state index >= 15 is 0 Å². The Morgan fingerprint density at radius 1 is 1.00 bits per heavy atom. The van der Waals surface area contributed by atoms with E-state index in [0.717, 1.165) is 11.6 Å². The Labute approximate surface area is 165 Å². The SMILES string of the molecule is C[C@H](NC(=O)CN(C)CC(=O)Nc1ccc(F)c(F)c1F)c1ccc(Cl)cc1. The van der Waals surface area contributed by atoms with Gasteiger partial charge in [0, 0.05) is 5.02 Å². The van der Waals surface area contributed by atoms with Crippen LogP contribution in [0.1, 0.15) is 18.5 Å². The molecule has 0 aromatic heterocycles. The van der Waals surface area contributed by atoms with E-state index in [1.165, 1.54) is 11.9 Å². The molecule has 0 radical (unpaired) electrons. The third-order valence-electron chi connectivity index (χ3n) is 3.88. The van der Waals surface area contributed by atoms with Crippen molar-refractivity contribution in [3.05, 3.63) is 64.4 Å². The van der Waals surface area contributed by atoms with Crippen molar-refractivity contribution in [3.63, 3.8) is 0 Å². The fourth-order valence-electron chi connectivity index (χ4n) is 2.48. The quantitative estimate of drug-likeness (QED) is 0.683. The number of halogens is 4. The highest BCUT2D eigenvalue weighted by Crippen LogP contribution is 2.19. The van der Waals surface area contributed by atoms with Gasteiger partial charge in [0.1, 0.15) is 0 Å². The topological polar surface area (TPSA) is 61.4 Å². The molecule has 2 amide bonds. The van der Waals surface area contributed by atoms with Gasteiger partial charge in [-0.15, -0.1) is 0 Å². The summed E-state index contributed by atoms with van der Waals surface area (Å²) < 4.78 is 39.7. The molecule has 2 N–H and O–H groups in total. The highest BCUT2D eigenvalue weighted by atomic mass is 35.5. The van der Waals surface area contributed by atoms with Crippen molar-refractivity contribution in [2.24, 2.45) is 0 Å². The molecule has 0 aliphatic carbocycles. The Morgan fingerprint density at radius 2 is 1.61 bits per heavy atom. The lowest BCUT2D eigenvalue weighted by molar-refractivity contribution is -0.123. The third kappa shape index (κ3) is 5.97. The first kappa shape index (κ1) is 21.7. The summed E-state index contributed by atoms with van der Waals surface area (Å²) in [5, 5.41) is 5.52. The number of benzene rings is 2. The zero-order valence-corrected chi connectivity index (χ0v) is 16.0. The molecule has 5 nitrogen and oxygen atoms in total. The maximum atomic E-state index is 13.6. The first-order valence-electron chi connectivity index (χ1n) is 8.34. The van der Waals surface area contributed by atoms with Crippen LogP contribution in [0, 0.1) is 17.5 Å². The number of hydrogen-bond donors (Lipinski definition) is 2. The summed E-state index contributed by atoms with van der Waals surface area (Å²) in [5.41, 5.74) is 0.394. The molecule has 0 fully saturated rings. The lowest BCUT2D eigenvalue weighted by atomic mass is 10.1. The number of hydrogen-bond acceptors (Lipinski definition) is 3. The van der Waals surface area contributed by atoms with E-state index in [1.807, 2.05) is 0 Å². The summed E-state index contributed by atoms with van der Waals surface area (Å²) in [6.45, 7) is 1.46. The Balaban J connectivity index is 1.84. The van der Waals surface area contributed by atoms with Gasteiger partial charge in [0.25, 0.3) is 0 Å². The zero-order valence-electron chi connectivity index (χ0n) is 15.2. The Kier molecular flexibility index (Phi) is 7.42. The lowest BCUT2D eigenvalue weighted by Crippen LogP contribution is -2.39. The van der Waals surface area contributed by atoms with Crippen LogP contribution >= 0.6 is 11.6 Å². The number of nitrogens with zero attached hydrogens (tertiary/aromatic N) is 1. The average Bonchev–Trinajstić information content (AvgIpc) is 2.62. The number of amides is 2. The fourth-order valence-corrected chi connectivity index (χ4v) is 2.61. The summed E-state index contributed by atoms with van der Waals surface area (Å²) in [6.07, 6.45) is 0. The van der Waals surface area contributed by atoms with Gasteiger partial charge < -0.3 is 10.6 Å². The van der Waals surface area contributed by atoms with Crippen molar-refractivity contribution in [1.29, 1.82) is 0 Å². The molecule has 2 aromatic rings. The number of nitrogens with one attached hydrogen (secondary N) is 2. The number of carbonyl (C=O) groups excluding carboxylic acids is 2. The monoisotopic (exact) mass is 413 g/mol. The highest BCUT2D eigenvalue weighted by molar-refractivity contribution is 6.30. The van der Waals surface area contributed by atoms with Crippen molar-refractivity contribution in [1.82, 2.24) is 10.2 Å². The largest absolute Gasteiger partial charge is 0.348 e. The first-order chi connectivity index (χ1) is 13.2. The van der Waals surface area contributed by atoms with Crippen molar-refractivity contribution >= 4 is 29.1 Å². The standard InChI is InChI=1S/C19H19ClF3N3O2/c1-11(12-3-5-13(20)6-4-12)24-16(27)9-26(2)10-17(28)25-15-8-7-14(21)18(22)19(15)23/h3-8,11H,9-10H2,1-2H3,(H,24,27)(H,25,28)/t11-/m0/s1. The van der Waals surface area contributed by atoms with Gasteiger partial charge in [-0.05, 0) is 43.8 Å². The molecule has 0 aliphatic rings. The van der Waals surface area contributed by atoms with Gasteiger partial charge in [0.15, 0.2) is 17.5 Å². The second-order valence-corrected chi connectivity index (χ2v) is 6.72. The minimum Gasteiger partial charge on any atom is -0.348 e. The lowest BCUT2D eigenvalue weighted by Gasteiger charge is -2.19. The van der Waals surface area contributed by atoms with E-state index < -0.39 is 29.0 Å². The Bertz CT molecular complexity index is 862. The minimum atomic E-state index is -1.67. The summed E-state index contributed by atoms with van der Waals surface area (Å²) >= 11 is 5.83. The van der Waals surface area contributed by atoms with E-state index in [9.17, 15) is 22.8 Å². The normalized spacial score (nSPS) is 12.0. The maximum Gasteiger partial charge on any atom is 0.238 e. The molecule has 2 aromatic carbocycles. The van der Waals surface area contributed by atoms with Crippen LogP contribution in [0.4, 0.5) is 18.9 Å². The molecule has 150 valence electrons. The van der Waals surface area contributed by atoms with E-state index in [4.69, 9.17) is 11.6 Å². The zero-order chi connectivity index (χ0) is 20.8. The number of rotatable bonds is 7. The highest BCUT2D eigenvalue weighted by Gasteiger charge is 2.17. The molecule has 0 saturated carbocycles. The van der Waals surface area contributed by atoms with Gasteiger partial charge in [-0.3, -0.25) is 14.5 Å². The average molecular weight is 414 g/mol. The molecule has 2 rings (SSSR count). The van der Waals surface area contributed by atoms with Crippen LogP contribution in [0.15, 0.2) is 36.4 Å². The summed E-state index contributed by atoms with van der Waals surface area (Å²) in [4.78, 5) is 25.5. The van der Waals surface area contributed by atoms with Crippen LogP contribution in [0.3, 0.4) is 0 Å². The maximum absolute atomic E-state index is 13.6. The van der Waals surface area contributed by atoms with E-state index in [2.05, 4.69) is 10.6 Å². The van der Waals surface area contributed by atoms with E-state index in [-0.39, 0.29) is 25.0 Å². The van der Waals surface area contributed by atoms with Crippen molar-refractivity contribution in [3.8, 4) is 0 Å². The van der Waals surface area contributed by atoms with Crippen LogP contribution in [0.25, 0.3) is 0 Å². The van der Waals surface area contributed by atoms with Gasteiger partial charge in [0.2, 0.25) is 11.8 Å². The molecule has 9 heteroatoms. The number of carbonyl (C=O) groups is 2. The molecule has 0 spiro atoms. The smallest absolute Gasteiger partial charge is 0.238 e. The molecule has 0 aliphatic heterocycles. The van der Waals surface area contributed by atoms with Crippen molar-refractivity contribution in [2.45, 2.75) is 13.0 Å². The number of likely N-dealkylation sites (N-methyl/N-ethyl adjacent to an activating group) is 1. The van der Waals surface area contributed by atoms with Gasteiger partial charge >= 0.3 is 0 Å². The third-order valence-corrected chi connectivity index (χ3v) is 4.14. The first-order valence-corrected chi connectivity index (χ1v) is 8.72. The van der Waals surface area contributed by atoms with Crippen LogP contribution in [0.2, 0.25) is 5.02 Å². The molecular weight excluding hydrogens is 395 g/mol. The molecule has 0 bridgehead atoms. The molecule has 0 heterocycles. The van der Waals surface area contributed by atoms with Crippen LogP contribution in [-0.2, 0) is 9.59 Å². The predicted molar refractivity (Wildman–Crippen MR) is 100 cm³/mol. The van der Waals surface area contributed by atoms with E-state index in [1.54, 1.807) is 31.2 Å². The van der Waals surface area contributed by atoms with Crippen molar-refractivity contribution in [2.75, 3.05) is 25.5 Å². The Hall–Kier alpha value is -2.58. The molecule has 1 atom stereocenters. The Morgan fingerprint density at radius 3 is 2.25 bits per heavy atom. The van der Waals surface area contributed by atoms with Crippen LogP contribution < -0.4 is 10.6 Å². The fraction of sp³-hybridized carbons (Fsp3) is 0.263.